The van der Waals surface area contributed by atoms with Gasteiger partial charge < -0.3 is 9.30 Å². The van der Waals surface area contributed by atoms with E-state index in [0.29, 0.717) is 6.42 Å². The summed E-state index contributed by atoms with van der Waals surface area (Å²) in [5, 5.41) is 2.25. The number of carbonyl (C=O) groups excluding carboxylic acids is 1. The lowest BCUT2D eigenvalue weighted by Crippen LogP contribution is -2.18. The van der Waals surface area contributed by atoms with Crippen molar-refractivity contribution in [3.63, 3.8) is 0 Å². The second kappa shape index (κ2) is 8.84. The summed E-state index contributed by atoms with van der Waals surface area (Å²) in [6, 6.07) is 20.2. The quantitative estimate of drug-likeness (QED) is 0.444. The number of nitrogens with zero attached hydrogens (tertiary/aromatic N) is 2. The second-order valence-corrected chi connectivity index (χ2v) is 8.68. The zero-order valence-electron chi connectivity index (χ0n) is 16.4. The topological polar surface area (TPSA) is 43.6 Å². The first kappa shape index (κ1) is 19.7. The normalized spacial score (nSPS) is 12.0. The summed E-state index contributed by atoms with van der Waals surface area (Å²) >= 11 is 3.32. The molecule has 1 amide bonds. The first-order valence-electron chi connectivity index (χ1n) is 9.40. The molecule has 4 nitrogen and oxygen atoms in total. The van der Waals surface area contributed by atoms with Crippen molar-refractivity contribution < 1.29 is 9.53 Å². The van der Waals surface area contributed by atoms with Gasteiger partial charge >= 0.3 is 0 Å². The number of aromatic nitrogens is 1. The molecule has 0 radical (unpaired) electrons. The van der Waals surface area contributed by atoms with Crippen molar-refractivity contribution in [3.8, 4) is 5.75 Å². The fourth-order valence-electron chi connectivity index (χ4n) is 3.42. The number of amides is 1. The van der Waals surface area contributed by atoms with Crippen molar-refractivity contribution in [1.82, 2.24) is 4.57 Å². The third kappa shape index (κ3) is 4.23. The number of benzene rings is 3. The fraction of sp³-hybridized carbons (Fsp3) is 0.217. The van der Waals surface area contributed by atoms with Crippen LogP contribution in [0.5, 0.6) is 5.75 Å². The molecule has 0 unspecified atom stereocenters. The molecule has 0 aliphatic rings. The lowest BCUT2D eigenvalue weighted by atomic mass is 10.0. The standard InChI is InChI=1S/C23H22N2O2S2/c1-27-18-10-11-21-20(15-18)25(12-13-28-2)23(29-21)24-22(26)14-17-8-5-7-16-6-3-4-9-19(16)17/h3-11,15H,12-14H2,1-2H3. The van der Waals surface area contributed by atoms with Crippen molar-refractivity contribution in [1.29, 1.82) is 0 Å². The number of methoxy groups -OCH3 is 1. The number of thioether (sulfide) groups is 1. The van der Waals surface area contributed by atoms with Crippen molar-refractivity contribution in [2.75, 3.05) is 19.1 Å². The van der Waals surface area contributed by atoms with Gasteiger partial charge in [0.05, 0.1) is 23.7 Å². The fourth-order valence-corrected chi connectivity index (χ4v) is 4.83. The molecule has 3 aromatic carbocycles. The van der Waals surface area contributed by atoms with Crippen LogP contribution in [0.15, 0.2) is 65.7 Å². The number of rotatable bonds is 6. The predicted molar refractivity (Wildman–Crippen MR) is 123 cm³/mol. The Hall–Kier alpha value is -2.57. The maximum Gasteiger partial charge on any atom is 0.252 e. The van der Waals surface area contributed by atoms with E-state index in [9.17, 15) is 4.79 Å². The molecule has 1 heterocycles. The molecule has 0 saturated carbocycles. The van der Waals surface area contributed by atoms with E-state index >= 15 is 0 Å². The minimum absolute atomic E-state index is 0.127. The highest BCUT2D eigenvalue weighted by molar-refractivity contribution is 7.98. The monoisotopic (exact) mass is 422 g/mol. The van der Waals surface area contributed by atoms with E-state index in [4.69, 9.17) is 4.74 Å². The van der Waals surface area contributed by atoms with Gasteiger partial charge in [-0.2, -0.15) is 16.8 Å². The van der Waals surface area contributed by atoms with Crippen LogP contribution in [0.4, 0.5) is 0 Å². The maximum atomic E-state index is 12.8. The average molecular weight is 423 g/mol. The van der Waals surface area contributed by atoms with Gasteiger partial charge in [-0.1, -0.05) is 53.8 Å². The SMILES string of the molecule is COc1ccc2sc(=NC(=O)Cc3cccc4ccccc34)n(CCSC)c2c1. The van der Waals surface area contributed by atoms with Crippen LogP contribution in [-0.2, 0) is 17.8 Å². The van der Waals surface area contributed by atoms with Crippen molar-refractivity contribution in [2.24, 2.45) is 4.99 Å². The Morgan fingerprint density at radius 3 is 2.79 bits per heavy atom. The van der Waals surface area contributed by atoms with Crippen LogP contribution in [0.2, 0.25) is 0 Å². The Morgan fingerprint density at radius 2 is 1.97 bits per heavy atom. The zero-order chi connectivity index (χ0) is 20.2. The molecule has 0 aliphatic carbocycles. The highest BCUT2D eigenvalue weighted by Gasteiger charge is 2.11. The van der Waals surface area contributed by atoms with E-state index in [1.165, 1.54) is 0 Å². The average Bonchev–Trinajstić information content (AvgIpc) is 3.08. The number of aryl methyl sites for hydroxylation is 1. The van der Waals surface area contributed by atoms with Crippen LogP contribution < -0.4 is 9.54 Å². The summed E-state index contributed by atoms with van der Waals surface area (Å²) in [6.07, 6.45) is 2.37. The van der Waals surface area contributed by atoms with Crippen LogP contribution >= 0.6 is 23.1 Å². The molecule has 0 aliphatic heterocycles. The largest absolute Gasteiger partial charge is 0.497 e. The molecule has 29 heavy (non-hydrogen) atoms. The Morgan fingerprint density at radius 1 is 1.14 bits per heavy atom. The van der Waals surface area contributed by atoms with Gasteiger partial charge in [-0.05, 0) is 34.7 Å². The Kier molecular flexibility index (Phi) is 6.02. The minimum Gasteiger partial charge on any atom is -0.497 e. The van der Waals surface area contributed by atoms with E-state index in [0.717, 1.165) is 49.4 Å². The van der Waals surface area contributed by atoms with E-state index in [1.54, 1.807) is 30.2 Å². The third-order valence-electron chi connectivity index (χ3n) is 4.85. The molecular weight excluding hydrogens is 400 g/mol. The number of thiazole rings is 1. The van der Waals surface area contributed by atoms with Gasteiger partial charge in [0.15, 0.2) is 4.80 Å². The van der Waals surface area contributed by atoms with Crippen molar-refractivity contribution in [3.05, 3.63) is 71.0 Å². The van der Waals surface area contributed by atoms with Crippen LogP contribution in [0, 0.1) is 0 Å². The van der Waals surface area contributed by atoms with Gasteiger partial charge in [0, 0.05) is 18.4 Å². The van der Waals surface area contributed by atoms with E-state index in [1.807, 2.05) is 42.5 Å². The summed E-state index contributed by atoms with van der Waals surface area (Å²) in [5.74, 6) is 1.63. The predicted octanol–water partition coefficient (Wildman–Crippen LogP) is 4.90. The van der Waals surface area contributed by atoms with Gasteiger partial charge in [0.2, 0.25) is 0 Å². The summed E-state index contributed by atoms with van der Waals surface area (Å²) in [6.45, 7) is 0.800. The van der Waals surface area contributed by atoms with E-state index in [-0.39, 0.29) is 5.91 Å². The van der Waals surface area contributed by atoms with Crippen molar-refractivity contribution in [2.45, 2.75) is 13.0 Å². The summed E-state index contributed by atoms with van der Waals surface area (Å²) in [7, 11) is 1.67. The Balaban J connectivity index is 1.73. The van der Waals surface area contributed by atoms with Gasteiger partial charge in [-0.15, -0.1) is 0 Å². The number of hydrogen-bond donors (Lipinski definition) is 0. The van der Waals surface area contributed by atoms with E-state index in [2.05, 4.69) is 34.0 Å². The number of hydrogen-bond acceptors (Lipinski definition) is 4. The summed E-state index contributed by atoms with van der Waals surface area (Å²) in [5.41, 5.74) is 2.07. The molecule has 6 heteroatoms. The molecule has 0 fully saturated rings. The first-order chi connectivity index (χ1) is 14.2. The van der Waals surface area contributed by atoms with Gasteiger partial charge in [0.1, 0.15) is 5.75 Å². The van der Waals surface area contributed by atoms with Crippen LogP contribution in [-0.4, -0.2) is 29.6 Å². The zero-order valence-corrected chi connectivity index (χ0v) is 18.1. The minimum atomic E-state index is -0.127. The maximum absolute atomic E-state index is 12.8. The first-order valence-corrected chi connectivity index (χ1v) is 11.6. The highest BCUT2D eigenvalue weighted by atomic mass is 32.2. The number of carbonyl (C=O) groups is 1. The molecule has 0 bridgehead atoms. The second-order valence-electron chi connectivity index (χ2n) is 6.68. The summed E-state index contributed by atoms with van der Waals surface area (Å²) in [4.78, 5) is 18.1. The molecule has 148 valence electrons. The molecule has 1 aromatic heterocycles. The molecule has 0 spiro atoms. The molecule has 0 atom stereocenters. The van der Waals surface area contributed by atoms with Gasteiger partial charge in [0.25, 0.3) is 5.91 Å². The van der Waals surface area contributed by atoms with Crippen LogP contribution in [0.1, 0.15) is 5.56 Å². The third-order valence-corrected chi connectivity index (χ3v) is 6.50. The van der Waals surface area contributed by atoms with Crippen LogP contribution in [0.3, 0.4) is 0 Å². The lowest BCUT2D eigenvalue weighted by Gasteiger charge is -2.06. The molecule has 4 aromatic rings. The molecule has 4 rings (SSSR count). The molecule has 0 N–H and O–H groups in total. The van der Waals surface area contributed by atoms with E-state index < -0.39 is 0 Å². The molecular formula is C23H22N2O2S2. The molecule has 0 saturated heterocycles. The summed E-state index contributed by atoms with van der Waals surface area (Å²) < 4.78 is 8.61. The number of ether oxygens (including phenoxy) is 1. The van der Waals surface area contributed by atoms with Gasteiger partial charge in [-0.25, -0.2) is 0 Å². The number of fused-ring (bicyclic) bond motifs is 2. The van der Waals surface area contributed by atoms with Gasteiger partial charge in [-0.3, -0.25) is 4.79 Å². The Bertz CT molecular complexity index is 1240. The highest BCUT2D eigenvalue weighted by Crippen LogP contribution is 2.23. The Labute approximate surface area is 177 Å². The lowest BCUT2D eigenvalue weighted by molar-refractivity contribution is -0.117. The smallest absolute Gasteiger partial charge is 0.252 e. The van der Waals surface area contributed by atoms with Crippen molar-refractivity contribution >= 4 is 50.0 Å². The van der Waals surface area contributed by atoms with Crippen LogP contribution in [0.25, 0.3) is 21.0 Å².